The van der Waals surface area contributed by atoms with Crippen molar-refractivity contribution in [3.05, 3.63) is 217 Å². The van der Waals surface area contributed by atoms with Gasteiger partial charge in [-0.1, -0.05) is 165 Å². The summed E-state index contributed by atoms with van der Waals surface area (Å²) in [5.41, 5.74) is 12.4. The van der Waals surface area contributed by atoms with Crippen molar-refractivity contribution in [3.8, 4) is 16.8 Å². The summed E-state index contributed by atoms with van der Waals surface area (Å²) in [6.07, 6.45) is 3.08. The molecule has 1 aliphatic rings. The Bertz CT molecular complexity index is 3630. The van der Waals surface area contributed by atoms with Gasteiger partial charge in [-0.15, -0.1) is 0 Å². The first-order chi connectivity index (χ1) is 30.2. The molecule has 0 saturated heterocycles. The van der Waals surface area contributed by atoms with E-state index in [-0.39, 0.29) is 5.92 Å². The van der Waals surface area contributed by atoms with E-state index in [4.69, 9.17) is 14.4 Å². The van der Waals surface area contributed by atoms with E-state index in [0.717, 1.165) is 84.0 Å². The van der Waals surface area contributed by atoms with Crippen LogP contribution in [0.1, 0.15) is 30.0 Å². The summed E-state index contributed by atoms with van der Waals surface area (Å²) in [6, 6.07) is 69.2. The first kappa shape index (κ1) is 35.2. The van der Waals surface area contributed by atoms with Crippen LogP contribution in [0.5, 0.6) is 0 Å². The summed E-state index contributed by atoms with van der Waals surface area (Å²) < 4.78 is 9.10. The molecular weight excluding hydrogens is 743 g/mol. The van der Waals surface area contributed by atoms with Crippen LogP contribution in [0, 0.1) is 5.92 Å². The molecule has 4 heteroatoms. The van der Waals surface area contributed by atoms with Crippen LogP contribution in [0.25, 0.3) is 87.8 Å². The molecule has 0 radical (unpaired) electrons. The quantitative estimate of drug-likeness (QED) is 0.171. The molecule has 0 spiro atoms. The summed E-state index contributed by atoms with van der Waals surface area (Å²) >= 11 is 0. The molecule has 61 heavy (non-hydrogen) atoms. The van der Waals surface area contributed by atoms with Gasteiger partial charge in [0.05, 0.1) is 33.5 Å². The maximum absolute atomic E-state index is 6.64. The molecule has 1 unspecified atom stereocenters. The van der Waals surface area contributed by atoms with E-state index >= 15 is 0 Å². The molecule has 4 nitrogen and oxygen atoms in total. The molecule has 288 valence electrons. The van der Waals surface area contributed by atoms with E-state index < -0.39 is 0 Å². The Labute approximate surface area is 353 Å². The predicted octanol–water partition coefficient (Wildman–Crippen LogP) is 15.0. The van der Waals surface area contributed by atoms with E-state index in [0.29, 0.717) is 5.84 Å². The maximum atomic E-state index is 6.64. The minimum Gasteiger partial charge on any atom is -0.456 e. The van der Waals surface area contributed by atoms with Crippen LogP contribution in [0.3, 0.4) is 0 Å². The zero-order valence-corrected chi connectivity index (χ0v) is 33.6. The lowest BCUT2D eigenvalue weighted by molar-refractivity contribution is 0.669. The molecule has 0 bridgehead atoms. The first-order valence-electron chi connectivity index (χ1n) is 21.0. The average molecular weight is 782 g/mol. The van der Waals surface area contributed by atoms with Crippen LogP contribution in [0.4, 0.5) is 0 Å². The maximum Gasteiger partial charge on any atom is 0.160 e. The standard InChI is InChI=1S/C57H39N3O/c1-36-29-31-49(58-57(45-26-14-20-38-17-7-8-23-43(38)45)59-55(36)42-22-13-21-39(33-42)37-15-3-2-4-16-37)46-30-32-53-54(47-25-10-12-28-52(47)61-53)56(46)60-50-27-11-9-24-44(50)48-34-40-18-5-6-19-41(40)35-51(48)60/h2-28,30-36H,29H2,1H3/b49-31+,58-57-,59-55+. The Kier molecular flexibility index (Phi) is 8.17. The summed E-state index contributed by atoms with van der Waals surface area (Å²) in [4.78, 5) is 11.4. The molecule has 9 aromatic carbocycles. The van der Waals surface area contributed by atoms with Gasteiger partial charge in [-0.25, -0.2) is 9.98 Å². The van der Waals surface area contributed by atoms with Gasteiger partial charge >= 0.3 is 0 Å². The van der Waals surface area contributed by atoms with Crippen molar-refractivity contribution in [1.82, 2.24) is 4.57 Å². The van der Waals surface area contributed by atoms with Crippen molar-refractivity contribution in [2.45, 2.75) is 13.3 Å². The molecule has 2 aromatic heterocycles. The molecule has 1 aliphatic heterocycles. The number of benzene rings is 9. The Morgan fingerprint density at radius 2 is 1.15 bits per heavy atom. The number of para-hydroxylation sites is 2. The number of amidine groups is 1. The van der Waals surface area contributed by atoms with Gasteiger partial charge in [-0.3, -0.25) is 0 Å². The highest BCUT2D eigenvalue weighted by Crippen LogP contribution is 2.44. The molecule has 0 fully saturated rings. The highest BCUT2D eigenvalue weighted by atomic mass is 16.3. The third kappa shape index (κ3) is 5.83. The van der Waals surface area contributed by atoms with Gasteiger partial charge in [0.1, 0.15) is 11.2 Å². The monoisotopic (exact) mass is 781 g/mol. The lowest BCUT2D eigenvalue weighted by atomic mass is 9.91. The number of aliphatic imine (C=N–C) groups is 2. The van der Waals surface area contributed by atoms with Crippen LogP contribution >= 0.6 is 0 Å². The van der Waals surface area contributed by atoms with Gasteiger partial charge in [0.15, 0.2) is 5.84 Å². The SMILES string of the molecule is CC1C/C=C(c2ccc3oc4ccccc4c3c2-n2c3ccccc3c3cc4ccccc4cc32)/N=C(c2cccc3ccccc23)\N=C/1c1cccc(-c2ccccc2)c1. The first-order valence-corrected chi connectivity index (χ1v) is 21.0. The molecule has 0 N–H and O–H groups in total. The van der Waals surface area contributed by atoms with Crippen molar-refractivity contribution in [3.63, 3.8) is 0 Å². The fraction of sp³-hybridized carbons (Fsp3) is 0.0526. The molecular formula is C57H39N3O. The smallest absolute Gasteiger partial charge is 0.160 e. The van der Waals surface area contributed by atoms with Crippen molar-refractivity contribution in [1.29, 1.82) is 0 Å². The number of aromatic nitrogens is 1. The van der Waals surface area contributed by atoms with E-state index in [9.17, 15) is 0 Å². The van der Waals surface area contributed by atoms with Crippen LogP contribution in [0.15, 0.2) is 215 Å². The lowest BCUT2D eigenvalue weighted by Crippen LogP contribution is -2.17. The third-order valence-corrected chi connectivity index (χ3v) is 12.4. The van der Waals surface area contributed by atoms with Crippen molar-refractivity contribution < 1.29 is 4.42 Å². The zero-order chi connectivity index (χ0) is 40.4. The Hall–Kier alpha value is -7.82. The van der Waals surface area contributed by atoms with E-state index in [2.05, 4.69) is 206 Å². The molecule has 0 aliphatic carbocycles. The van der Waals surface area contributed by atoms with E-state index in [1.807, 2.05) is 6.07 Å². The second-order valence-electron chi connectivity index (χ2n) is 16.1. The summed E-state index contributed by atoms with van der Waals surface area (Å²) in [5, 5.41) is 9.20. The molecule has 11 aromatic rings. The van der Waals surface area contributed by atoms with E-state index in [1.165, 1.54) is 32.7 Å². The van der Waals surface area contributed by atoms with Crippen LogP contribution in [-0.4, -0.2) is 16.1 Å². The fourth-order valence-corrected chi connectivity index (χ4v) is 9.49. The number of fused-ring (bicyclic) bond motifs is 8. The lowest BCUT2D eigenvalue weighted by Gasteiger charge is -2.21. The average Bonchev–Trinajstić information content (AvgIpc) is 3.85. The van der Waals surface area contributed by atoms with Gasteiger partial charge in [0.25, 0.3) is 0 Å². The minimum atomic E-state index is 0.0861. The van der Waals surface area contributed by atoms with Gasteiger partial charge in [-0.05, 0) is 87.1 Å². The zero-order valence-electron chi connectivity index (χ0n) is 33.6. The molecule has 0 saturated carbocycles. The topological polar surface area (TPSA) is 42.8 Å². The summed E-state index contributed by atoms with van der Waals surface area (Å²) in [6.45, 7) is 2.29. The second kappa shape index (κ2) is 14.2. The van der Waals surface area contributed by atoms with Crippen LogP contribution < -0.4 is 0 Å². The van der Waals surface area contributed by atoms with E-state index in [1.54, 1.807) is 0 Å². The molecule has 0 amide bonds. The van der Waals surface area contributed by atoms with Crippen molar-refractivity contribution in [2.75, 3.05) is 0 Å². The Balaban J connectivity index is 1.16. The van der Waals surface area contributed by atoms with Crippen LogP contribution in [-0.2, 0) is 0 Å². The van der Waals surface area contributed by atoms with Crippen molar-refractivity contribution in [2.24, 2.45) is 15.9 Å². The number of allylic oxidation sites excluding steroid dienone is 1. The second-order valence-corrected chi connectivity index (χ2v) is 16.1. The predicted molar refractivity (Wildman–Crippen MR) is 256 cm³/mol. The number of nitrogens with zero attached hydrogens (tertiary/aromatic N) is 3. The van der Waals surface area contributed by atoms with Gasteiger partial charge in [-0.2, -0.15) is 0 Å². The Morgan fingerprint density at radius 3 is 2.02 bits per heavy atom. The molecule has 1 atom stereocenters. The fourth-order valence-electron chi connectivity index (χ4n) is 9.49. The highest BCUT2D eigenvalue weighted by molar-refractivity contribution is 6.21. The number of hydrogen-bond donors (Lipinski definition) is 0. The Morgan fingerprint density at radius 1 is 0.475 bits per heavy atom. The van der Waals surface area contributed by atoms with Gasteiger partial charge in [0.2, 0.25) is 0 Å². The molecule has 12 rings (SSSR count). The largest absolute Gasteiger partial charge is 0.456 e. The number of hydrogen-bond acceptors (Lipinski definition) is 3. The summed E-state index contributed by atoms with van der Waals surface area (Å²) in [5.74, 6) is 0.772. The third-order valence-electron chi connectivity index (χ3n) is 12.4. The highest BCUT2D eigenvalue weighted by Gasteiger charge is 2.25. The van der Waals surface area contributed by atoms with Gasteiger partial charge < -0.3 is 8.98 Å². The summed E-state index contributed by atoms with van der Waals surface area (Å²) in [7, 11) is 0. The van der Waals surface area contributed by atoms with Gasteiger partial charge in [0, 0.05) is 33.2 Å². The number of rotatable bonds is 5. The normalized spacial score (nSPS) is 17.3. The minimum absolute atomic E-state index is 0.0861. The number of furan rings is 1. The van der Waals surface area contributed by atoms with Crippen molar-refractivity contribution >= 4 is 82.5 Å². The van der Waals surface area contributed by atoms with Crippen LogP contribution in [0.2, 0.25) is 0 Å². The molecule has 3 heterocycles.